The van der Waals surface area contributed by atoms with Crippen molar-refractivity contribution in [3.8, 4) is 0 Å². The van der Waals surface area contributed by atoms with E-state index < -0.39 is 0 Å². The molecule has 1 amide bonds. The van der Waals surface area contributed by atoms with Crippen LogP contribution in [-0.2, 0) is 6.54 Å². The molecule has 106 valence electrons. The number of hydrogen-bond donors (Lipinski definition) is 2. The average Bonchev–Trinajstić information content (AvgIpc) is 2.43. The van der Waals surface area contributed by atoms with E-state index in [9.17, 15) is 4.79 Å². The van der Waals surface area contributed by atoms with Crippen LogP contribution in [0.2, 0.25) is 0 Å². The maximum atomic E-state index is 11.0. The minimum absolute atomic E-state index is 0.380. The highest BCUT2D eigenvalue weighted by molar-refractivity contribution is 5.92. The van der Waals surface area contributed by atoms with E-state index in [1.807, 2.05) is 12.1 Å². The molecule has 0 bridgehead atoms. The molecule has 0 aliphatic carbocycles. The third-order valence-corrected chi connectivity index (χ3v) is 3.32. The number of likely N-dealkylation sites (N-methyl/N-ethyl adjacent to an activating group) is 1. The minimum atomic E-state index is -0.380. The number of nitrogens with zero attached hydrogens (tertiary/aromatic N) is 1. The summed E-state index contributed by atoms with van der Waals surface area (Å²) in [4.78, 5) is 13.4. The van der Waals surface area contributed by atoms with E-state index in [2.05, 4.69) is 31.0 Å². The number of benzene rings is 1. The Morgan fingerprint density at radius 1 is 1.26 bits per heavy atom. The van der Waals surface area contributed by atoms with Crippen LogP contribution >= 0.6 is 0 Å². The van der Waals surface area contributed by atoms with Gasteiger partial charge in [0.15, 0.2) is 0 Å². The fraction of sp³-hybridized carbons (Fsp3) is 0.533. The van der Waals surface area contributed by atoms with Crippen LogP contribution in [0.15, 0.2) is 24.3 Å². The van der Waals surface area contributed by atoms with Gasteiger partial charge in [0.05, 0.1) is 0 Å². The van der Waals surface area contributed by atoms with E-state index in [0.29, 0.717) is 11.6 Å². The number of hydrogen-bond acceptors (Lipinski definition) is 3. The number of carbonyl (C=O) groups is 1. The van der Waals surface area contributed by atoms with Crippen molar-refractivity contribution >= 4 is 5.91 Å². The number of carbonyl (C=O) groups excluding carboxylic acids is 1. The SMILES string of the molecule is CCN(CC)CC(C)NCc1ccc(C(N)=O)cc1. The Balaban J connectivity index is 2.41. The third kappa shape index (κ3) is 5.41. The van der Waals surface area contributed by atoms with Crippen LogP contribution in [0.1, 0.15) is 36.7 Å². The summed E-state index contributed by atoms with van der Waals surface area (Å²) < 4.78 is 0. The van der Waals surface area contributed by atoms with E-state index in [4.69, 9.17) is 5.73 Å². The summed E-state index contributed by atoms with van der Waals surface area (Å²) in [6.07, 6.45) is 0. The first kappa shape index (κ1) is 15.7. The van der Waals surface area contributed by atoms with Gasteiger partial charge in [0, 0.05) is 24.7 Å². The molecule has 4 nitrogen and oxygen atoms in total. The molecule has 0 radical (unpaired) electrons. The van der Waals surface area contributed by atoms with Gasteiger partial charge in [-0.05, 0) is 37.7 Å². The fourth-order valence-corrected chi connectivity index (χ4v) is 2.01. The lowest BCUT2D eigenvalue weighted by Gasteiger charge is -2.23. The Morgan fingerprint density at radius 3 is 2.32 bits per heavy atom. The molecule has 1 unspecified atom stereocenters. The molecule has 1 aromatic carbocycles. The van der Waals surface area contributed by atoms with Crippen molar-refractivity contribution < 1.29 is 4.79 Å². The van der Waals surface area contributed by atoms with Crippen molar-refractivity contribution in [2.45, 2.75) is 33.4 Å². The lowest BCUT2D eigenvalue weighted by atomic mass is 10.1. The molecule has 3 N–H and O–H groups in total. The molecule has 0 heterocycles. The molecule has 0 aliphatic heterocycles. The molecule has 19 heavy (non-hydrogen) atoms. The summed E-state index contributed by atoms with van der Waals surface area (Å²) in [5.41, 5.74) is 6.93. The maximum absolute atomic E-state index is 11.0. The molecule has 0 aromatic heterocycles. The quantitative estimate of drug-likeness (QED) is 0.749. The molecule has 0 fully saturated rings. The molecular formula is C15H25N3O. The van der Waals surface area contributed by atoms with Crippen molar-refractivity contribution in [1.82, 2.24) is 10.2 Å². The van der Waals surface area contributed by atoms with E-state index in [-0.39, 0.29) is 5.91 Å². The van der Waals surface area contributed by atoms with Crippen LogP contribution in [0.5, 0.6) is 0 Å². The summed E-state index contributed by atoms with van der Waals surface area (Å²) in [7, 11) is 0. The van der Waals surface area contributed by atoms with Crippen LogP contribution in [0.25, 0.3) is 0 Å². The number of amides is 1. The largest absolute Gasteiger partial charge is 0.366 e. The second-order valence-corrected chi connectivity index (χ2v) is 4.83. The van der Waals surface area contributed by atoms with Gasteiger partial charge in [-0.1, -0.05) is 26.0 Å². The maximum Gasteiger partial charge on any atom is 0.248 e. The first-order valence-electron chi connectivity index (χ1n) is 6.91. The Labute approximate surface area is 116 Å². The molecule has 1 atom stereocenters. The van der Waals surface area contributed by atoms with Gasteiger partial charge in [0.2, 0.25) is 5.91 Å². The summed E-state index contributed by atoms with van der Waals surface area (Å²) in [5, 5.41) is 3.49. The van der Waals surface area contributed by atoms with Gasteiger partial charge in [-0.15, -0.1) is 0 Å². The van der Waals surface area contributed by atoms with Crippen molar-refractivity contribution in [3.63, 3.8) is 0 Å². The number of rotatable bonds is 8. The van der Waals surface area contributed by atoms with Gasteiger partial charge >= 0.3 is 0 Å². The van der Waals surface area contributed by atoms with Gasteiger partial charge in [-0.3, -0.25) is 4.79 Å². The zero-order chi connectivity index (χ0) is 14.3. The van der Waals surface area contributed by atoms with Crippen molar-refractivity contribution in [2.24, 2.45) is 5.73 Å². The number of primary amides is 1. The third-order valence-electron chi connectivity index (χ3n) is 3.32. The van der Waals surface area contributed by atoms with Crippen molar-refractivity contribution in [3.05, 3.63) is 35.4 Å². The predicted molar refractivity (Wildman–Crippen MR) is 79.0 cm³/mol. The highest BCUT2D eigenvalue weighted by atomic mass is 16.1. The zero-order valence-electron chi connectivity index (χ0n) is 12.1. The Morgan fingerprint density at radius 2 is 1.84 bits per heavy atom. The molecule has 1 rings (SSSR count). The topological polar surface area (TPSA) is 58.4 Å². The molecule has 0 saturated carbocycles. The zero-order valence-corrected chi connectivity index (χ0v) is 12.1. The molecule has 0 saturated heterocycles. The van der Waals surface area contributed by atoms with E-state index in [1.165, 1.54) is 0 Å². The van der Waals surface area contributed by atoms with Gasteiger partial charge in [-0.25, -0.2) is 0 Å². The average molecular weight is 263 g/mol. The Hall–Kier alpha value is -1.39. The highest BCUT2D eigenvalue weighted by Gasteiger charge is 2.06. The predicted octanol–water partition coefficient (Wildman–Crippen LogP) is 1.61. The van der Waals surface area contributed by atoms with Crippen LogP contribution < -0.4 is 11.1 Å². The minimum Gasteiger partial charge on any atom is -0.366 e. The van der Waals surface area contributed by atoms with Crippen LogP contribution in [0, 0.1) is 0 Å². The highest BCUT2D eigenvalue weighted by Crippen LogP contribution is 2.04. The lowest BCUT2D eigenvalue weighted by Crippen LogP contribution is -2.38. The second kappa shape index (κ2) is 7.92. The monoisotopic (exact) mass is 263 g/mol. The number of nitrogens with two attached hydrogens (primary N) is 1. The molecule has 0 spiro atoms. The van der Waals surface area contributed by atoms with E-state index in [1.54, 1.807) is 12.1 Å². The van der Waals surface area contributed by atoms with Crippen LogP contribution in [0.4, 0.5) is 0 Å². The first-order valence-corrected chi connectivity index (χ1v) is 6.91. The molecular weight excluding hydrogens is 238 g/mol. The molecule has 4 heteroatoms. The fourth-order valence-electron chi connectivity index (χ4n) is 2.01. The van der Waals surface area contributed by atoms with Gasteiger partial charge < -0.3 is 16.0 Å². The Kier molecular flexibility index (Phi) is 6.53. The smallest absolute Gasteiger partial charge is 0.248 e. The molecule has 1 aromatic rings. The summed E-state index contributed by atoms with van der Waals surface area (Å²) in [5.74, 6) is -0.380. The summed E-state index contributed by atoms with van der Waals surface area (Å²) >= 11 is 0. The van der Waals surface area contributed by atoms with E-state index in [0.717, 1.165) is 31.7 Å². The summed E-state index contributed by atoms with van der Waals surface area (Å²) in [6, 6.07) is 7.87. The lowest BCUT2D eigenvalue weighted by molar-refractivity contribution is 0.100. The Bertz CT molecular complexity index is 385. The van der Waals surface area contributed by atoms with Crippen molar-refractivity contribution in [1.29, 1.82) is 0 Å². The first-order chi connectivity index (χ1) is 9.06. The number of nitrogens with one attached hydrogen (secondary N) is 1. The van der Waals surface area contributed by atoms with Crippen LogP contribution in [-0.4, -0.2) is 36.5 Å². The normalized spacial score (nSPS) is 12.6. The van der Waals surface area contributed by atoms with Gasteiger partial charge in [-0.2, -0.15) is 0 Å². The van der Waals surface area contributed by atoms with Crippen molar-refractivity contribution in [2.75, 3.05) is 19.6 Å². The summed E-state index contributed by atoms with van der Waals surface area (Å²) in [6.45, 7) is 10.6. The standard InChI is InChI=1S/C15H25N3O/c1-4-18(5-2)11-12(3)17-10-13-6-8-14(9-7-13)15(16)19/h6-9,12,17H,4-5,10-11H2,1-3H3,(H2,16,19). The van der Waals surface area contributed by atoms with E-state index >= 15 is 0 Å². The van der Waals surface area contributed by atoms with Crippen LogP contribution in [0.3, 0.4) is 0 Å². The second-order valence-electron chi connectivity index (χ2n) is 4.83. The van der Waals surface area contributed by atoms with Gasteiger partial charge in [0.1, 0.15) is 0 Å². The van der Waals surface area contributed by atoms with Gasteiger partial charge in [0.25, 0.3) is 0 Å². The molecule has 0 aliphatic rings.